The number of carboxylic acids is 2. The van der Waals surface area contributed by atoms with Gasteiger partial charge in [-0.1, -0.05) is 36.4 Å². The molecule has 0 aromatic heterocycles. The minimum atomic E-state index is -0.987. The van der Waals surface area contributed by atoms with Gasteiger partial charge < -0.3 is 15.3 Å². The van der Waals surface area contributed by atoms with Crippen molar-refractivity contribution in [1.29, 1.82) is 0 Å². The third-order valence-electron chi connectivity index (χ3n) is 4.18. The molecule has 0 aliphatic carbocycles. The van der Waals surface area contributed by atoms with E-state index in [-0.39, 0.29) is 17.7 Å². The molecule has 0 heterocycles. The molecule has 0 amide bonds. The average molecular weight is 348 g/mol. The lowest BCUT2D eigenvalue weighted by Crippen LogP contribution is -1.96. The lowest BCUT2D eigenvalue weighted by atomic mass is 9.94. The van der Waals surface area contributed by atoms with Gasteiger partial charge in [0.05, 0.1) is 17.7 Å². The van der Waals surface area contributed by atoms with Crippen LogP contribution in [0, 0.1) is 0 Å². The standard InChI is InChI=1S/C21H16O5/c22-12-18-11-17(13-1-5-15(6-2-13)20(23)24)9-10-19(18)14-3-7-16(8-4-14)21(25)26/h1-11,22H,12H2,(H,23,24)(H,25,26). The highest BCUT2D eigenvalue weighted by Gasteiger charge is 2.09. The number of carbonyl (C=O) groups is 2. The lowest BCUT2D eigenvalue weighted by molar-refractivity contribution is 0.0686. The molecule has 3 aromatic carbocycles. The summed E-state index contributed by atoms with van der Waals surface area (Å²) in [5, 5.41) is 27.7. The highest BCUT2D eigenvalue weighted by Crippen LogP contribution is 2.29. The summed E-state index contributed by atoms with van der Waals surface area (Å²) in [4.78, 5) is 21.9. The number of benzene rings is 3. The molecule has 0 atom stereocenters. The Kier molecular flexibility index (Phi) is 4.82. The van der Waals surface area contributed by atoms with Gasteiger partial charge in [0.15, 0.2) is 0 Å². The van der Waals surface area contributed by atoms with E-state index in [0.717, 1.165) is 22.3 Å². The van der Waals surface area contributed by atoms with E-state index in [1.807, 2.05) is 18.2 Å². The van der Waals surface area contributed by atoms with Gasteiger partial charge in [-0.15, -0.1) is 0 Å². The van der Waals surface area contributed by atoms with Crippen molar-refractivity contribution in [2.75, 3.05) is 0 Å². The highest BCUT2D eigenvalue weighted by atomic mass is 16.4. The molecule has 0 aliphatic heterocycles. The Morgan fingerprint density at radius 1 is 0.654 bits per heavy atom. The minimum absolute atomic E-state index is 0.170. The monoisotopic (exact) mass is 348 g/mol. The van der Waals surface area contributed by atoms with E-state index < -0.39 is 11.9 Å². The molecule has 0 saturated heterocycles. The van der Waals surface area contributed by atoms with Crippen molar-refractivity contribution in [3.63, 3.8) is 0 Å². The molecule has 3 rings (SSSR count). The molecule has 0 radical (unpaired) electrons. The van der Waals surface area contributed by atoms with Crippen LogP contribution in [0.5, 0.6) is 0 Å². The Labute approximate surface area is 149 Å². The second kappa shape index (κ2) is 7.21. The van der Waals surface area contributed by atoms with Crippen molar-refractivity contribution >= 4 is 11.9 Å². The quantitative estimate of drug-likeness (QED) is 0.650. The predicted molar refractivity (Wildman–Crippen MR) is 97.2 cm³/mol. The fraction of sp³-hybridized carbons (Fsp3) is 0.0476. The topological polar surface area (TPSA) is 94.8 Å². The first-order valence-electron chi connectivity index (χ1n) is 7.91. The Bertz CT molecular complexity index is 957. The van der Waals surface area contributed by atoms with E-state index in [4.69, 9.17) is 10.2 Å². The van der Waals surface area contributed by atoms with E-state index in [1.165, 1.54) is 24.3 Å². The van der Waals surface area contributed by atoms with Crippen LogP contribution in [0.25, 0.3) is 22.3 Å². The van der Waals surface area contributed by atoms with Gasteiger partial charge >= 0.3 is 11.9 Å². The lowest BCUT2D eigenvalue weighted by Gasteiger charge is -2.11. The molecule has 5 heteroatoms. The van der Waals surface area contributed by atoms with E-state index in [9.17, 15) is 14.7 Å². The number of hydrogen-bond donors (Lipinski definition) is 3. The van der Waals surface area contributed by atoms with Crippen molar-refractivity contribution in [1.82, 2.24) is 0 Å². The number of rotatable bonds is 5. The maximum atomic E-state index is 11.0. The average Bonchev–Trinajstić information content (AvgIpc) is 2.67. The summed E-state index contributed by atoms with van der Waals surface area (Å²) in [6.45, 7) is -0.170. The Balaban J connectivity index is 1.97. The number of hydrogen-bond acceptors (Lipinski definition) is 3. The van der Waals surface area contributed by atoms with Crippen LogP contribution in [0.1, 0.15) is 26.3 Å². The maximum Gasteiger partial charge on any atom is 0.335 e. The molecule has 130 valence electrons. The van der Waals surface area contributed by atoms with Gasteiger partial charge in [-0.25, -0.2) is 9.59 Å². The zero-order chi connectivity index (χ0) is 18.7. The van der Waals surface area contributed by atoms with Crippen molar-refractivity contribution in [3.05, 3.63) is 83.4 Å². The molecule has 3 aromatic rings. The molecule has 0 bridgehead atoms. The zero-order valence-electron chi connectivity index (χ0n) is 13.7. The van der Waals surface area contributed by atoms with E-state index in [0.29, 0.717) is 5.56 Å². The van der Waals surface area contributed by atoms with Gasteiger partial charge in [0.2, 0.25) is 0 Å². The Morgan fingerprint density at radius 2 is 1.12 bits per heavy atom. The first-order chi connectivity index (χ1) is 12.5. The number of aliphatic hydroxyl groups excluding tert-OH is 1. The van der Waals surface area contributed by atoms with Crippen LogP contribution in [-0.4, -0.2) is 27.3 Å². The smallest absolute Gasteiger partial charge is 0.335 e. The molecule has 0 unspecified atom stereocenters. The predicted octanol–water partition coefficient (Wildman–Crippen LogP) is 3.91. The fourth-order valence-electron chi connectivity index (χ4n) is 2.78. The summed E-state index contributed by atoms with van der Waals surface area (Å²) >= 11 is 0. The van der Waals surface area contributed by atoms with Crippen LogP contribution in [0.4, 0.5) is 0 Å². The first kappa shape index (κ1) is 17.4. The Hall–Kier alpha value is -3.44. The van der Waals surface area contributed by atoms with Gasteiger partial charge in [0.1, 0.15) is 0 Å². The molecule has 26 heavy (non-hydrogen) atoms. The summed E-state index contributed by atoms with van der Waals surface area (Å²) in [6.07, 6.45) is 0. The highest BCUT2D eigenvalue weighted by molar-refractivity contribution is 5.89. The van der Waals surface area contributed by atoms with Crippen molar-refractivity contribution in [2.45, 2.75) is 6.61 Å². The minimum Gasteiger partial charge on any atom is -0.478 e. The third-order valence-corrected chi connectivity index (χ3v) is 4.18. The van der Waals surface area contributed by atoms with Crippen LogP contribution >= 0.6 is 0 Å². The van der Waals surface area contributed by atoms with E-state index >= 15 is 0 Å². The Morgan fingerprint density at radius 3 is 1.58 bits per heavy atom. The molecular formula is C21H16O5. The zero-order valence-corrected chi connectivity index (χ0v) is 13.7. The fourth-order valence-corrected chi connectivity index (χ4v) is 2.78. The largest absolute Gasteiger partial charge is 0.478 e. The summed E-state index contributed by atoms with van der Waals surface area (Å²) in [7, 11) is 0. The van der Waals surface area contributed by atoms with Gasteiger partial charge in [0, 0.05) is 0 Å². The summed E-state index contributed by atoms with van der Waals surface area (Å²) in [5.74, 6) is -1.97. The maximum absolute atomic E-state index is 11.0. The first-order valence-corrected chi connectivity index (χ1v) is 7.91. The summed E-state index contributed by atoms with van der Waals surface area (Å²) < 4.78 is 0. The van der Waals surface area contributed by atoms with Crippen LogP contribution in [0.15, 0.2) is 66.7 Å². The van der Waals surface area contributed by atoms with Crippen molar-refractivity contribution in [2.24, 2.45) is 0 Å². The van der Waals surface area contributed by atoms with Crippen LogP contribution < -0.4 is 0 Å². The molecule has 3 N–H and O–H groups in total. The van der Waals surface area contributed by atoms with Gasteiger partial charge in [-0.05, 0) is 58.1 Å². The molecule has 0 saturated carbocycles. The van der Waals surface area contributed by atoms with Gasteiger partial charge in [-0.3, -0.25) is 0 Å². The number of aromatic carboxylic acids is 2. The van der Waals surface area contributed by atoms with Gasteiger partial charge in [0.25, 0.3) is 0 Å². The summed E-state index contributed by atoms with van der Waals surface area (Å²) in [5.41, 5.74) is 4.45. The summed E-state index contributed by atoms with van der Waals surface area (Å²) in [6, 6.07) is 18.6. The SMILES string of the molecule is O=C(O)c1ccc(-c2ccc(-c3ccc(C(=O)O)cc3)c(CO)c2)cc1. The third kappa shape index (κ3) is 3.48. The van der Waals surface area contributed by atoms with E-state index in [2.05, 4.69) is 0 Å². The molecule has 5 nitrogen and oxygen atoms in total. The second-order valence-electron chi connectivity index (χ2n) is 5.80. The van der Waals surface area contributed by atoms with Crippen LogP contribution in [-0.2, 0) is 6.61 Å². The van der Waals surface area contributed by atoms with Crippen LogP contribution in [0.2, 0.25) is 0 Å². The van der Waals surface area contributed by atoms with Crippen LogP contribution in [0.3, 0.4) is 0 Å². The normalized spacial score (nSPS) is 10.5. The van der Waals surface area contributed by atoms with Gasteiger partial charge in [-0.2, -0.15) is 0 Å². The number of aliphatic hydroxyl groups is 1. The van der Waals surface area contributed by atoms with Crippen molar-refractivity contribution in [3.8, 4) is 22.3 Å². The molecule has 0 fully saturated rings. The van der Waals surface area contributed by atoms with Crippen molar-refractivity contribution < 1.29 is 24.9 Å². The molecule has 0 aliphatic rings. The van der Waals surface area contributed by atoms with E-state index in [1.54, 1.807) is 24.3 Å². The number of carboxylic acid groups (broad SMARTS) is 2. The second-order valence-corrected chi connectivity index (χ2v) is 5.80. The molecular weight excluding hydrogens is 332 g/mol. The molecule has 0 spiro atoms.